The molecule has 8 aliphatic rings. The number of esters is 1. The van der Waals surface area contributed by atoms with Crippen molar-refractivity contribution in [3.05, 3.63) is 11.6 Å². The molecule has 400 valence electrons. The Morgan fingerprint density at radius 3 is 1.99 bits per heavy atom. The third-order valence-electron chi connectivity index (χ3n) is 19.6. The van der Waals surface area contributed by atoms with Crippen LogP contribution >= 0.6 is 0 Å². The van der Waals surface area contributed by atoms with Crippen molar-refractivity contribution >= 4 is 11.9 Å². The molecule has 0 aromatic heterocycles. The van der Waals surface area contributed by atoms with E-state index in [-0.39, 0.29) is 40.6 Å². The fourth-order valence-corrected chi connectivity index (χ4v) is 15.6. The number of aliphatic hydroxyl groups is 10. The quantitative estimate of drug-likeness (QED) is 0.0794. The van der Waals surface area contributed by atoms with Crippen molar-refractivity contribution in [3.8, 4) is 0 Å². The Morgan fingerprint density at radius 2 is 1.34 bits per heavy atom. The fraction of sp³-hybridized carbons (Fsp3) is 0.920. The van der Waals surface area contributed by atoms with Crippen molar-refractivity contribution in [1.82, 2.24) is 0 Å². The minimum Gasteiger partial charge on any atom is -0.479 e. The van der Waals surface area contributed by atoms with Crippen LogP contribution in [0.3, 0.4) is 0 Å². The molecule has 3 aliphatic heterocycles. The van der Waals surface area contributed by atoms with Gasteiger partial charge in [-0.15, -0.1) is 0 Å². The average molecular weight is 1000 g/mol. The summed E-state index contributed by atoms with van der Waals surface area (Å²) in [5.74, 6) is -2.26. The van der Waals surface area contributed by atoms with Crippen molar-refractivity contribution in [1.29, 1.82) is 0 Å². The molecule has 7 fully saturated rings. The lowest BCUT2D eigenvalue weighted by Crippen LogP contribution is -2.70. The first-order chi connectivity index (χ1) is 32.5. The molecule has 25 atom stereocenters. The lowest BCUT2D eigenvalue weighted by molar-refractivity contribution is -0.365. The minimum absolute atomic E-state index is 0.0343. The molecular formula is C50H80O20. The highest BCUT2D eigenvalue weighted by atomic mass is 16.7. The average Bonchev–Trinajstić information content (AvgIpc) is 3.26. The summed E-state index contributed by atoms with van der Waals surface area (Å²) in [6, 6.07) is 0. The summed E-state index contributed by atoms with van der Waals surface area (Å²) < 4.78 is 42.3. The maximum Gasteiger partial charge on any atom is 0.335 e. The summed E-state index contributed by atoms with van der Waals surface area (Å²) in [4.78, 5) is 25.7. The number of fused-ring (bicyclic) bond motifs is 7. The van der Waals surface area contributed by atoms with Crippen LogP contribution in [0.2, 0.25) is 0 Å². The Morgan fingerprint density at radius 1 is 0.700 bits per heavy atom. The molecule has 0 spiro atoms. The normalized spacial score (nSPS) is 53.0. The van der Waals surface area contributed by atoms with Gasteiger partial charge in [0.25, 0.3) is 0 Å². The van der Waals surface area contributed by atoms with E-state index >= 15 is 0 Å². The van der Waals surface area contributed by atoms with Crippen LogP contribution in [0.5, 0.6) is 0 Å². The van der Waals surface area contributed by atoms with Crippen LogP contribution in [-0.2, 0) is 42.7 Å². The predicted molar refractivity (Wildman–Crippen MR) is 241 cm³/mol. The Kier molecular flexibility index (Phi) is 14.7. The number of rotatable bonds is 10. The molecule has 0 aromatic rings. The Labute approximate surface area is 409 Å². The highest BCUT2D eigenvalue weighted by Crippen LogP contribution is 2.76. The minimum atomic E-state index is -1.99. The zero-order chi connectivity index (χ0) is 51.6. The standard InChI is InChI=1S/C50H80O20/c1-21-31(54)33(56)35(58)42(65-21)64-20-50-24(16-45(3,4)17-28(50)53)23-10-11-27-47(7)14-13-29(46(5,6)26(47)12-15-48(27,8)49(23,9)18-30(50)66-22(2)52)68-44-38(61)39(37(60)40(70-44)41(62)63)69-43-36(59)34(57)32(55)25(19-51)67-43/h10,21,24-40,42-44,51,53-61H,11-20H2,1-9H3,(H,62,63). The zero-order valence-electron chi connectivity index (χ0n) is 41.9. The third-order valence-corrected chi connectivity index (χ3v) is 19.6. The largest absolute Gasteiger partial charge is 0.479 e. The van der Waals surface area contributed by atoms with Gasteiger partial charge in [0.15, 0.2) is 25.0 Å². The van der Waals surface area contributed by atoms with E-state index in [2.05, 4.69) is 54.5 Å². The molecule has 11 N–H and O–H groups in total. The van der Waals surface area contributed by atoms with Gasteiger partial charge in [-0.05, 0) is 103 Å². The van der Waals surface area contributed by atoms with E-state index < -0.39 is 145 Å². The van der Waals surface area contributed by atoms with Gasteiger partial charge < -0.3 is 89.3 Å². The van der Waals surface area contributed by atoms with Crippen molar-refractivity contribution in [3.63, 3.8) is 0 Å². The molecular weight excluding hydrogens is 921 g/mol. The van der Waals surface area contributed by atoms with Crippen molar-refractivity contribution in [2.45, 2.75) is 224 Å². The van der Waals surface area contributed by atoms with Gasteiger partial charge >= 0.3 is 11.9 Å². The number of allylic oxidation sites excluding steroid dienone is 2. The maximum absolute atomic E-state index is 13.2. The molecule has 3 saturated heterocycles. The summed E-state index contributed by atoms with van der Waals surface area (Å²) in [6.07, 6.45) is -19.6. The van der Waals surface area contributed by atoms with Gasteiger partial charge in [-0.1, -0.05) is 60.1 Å². The molecule has 25 unspecified atom stereocenters. The number of aliphatic hydroxyl groups excluding tert-OH is 10. The summed E-state index contributed by atoms with van der Waals surface area (Å²) in [5, 5.41) is 119. The van der Waals surface area contributed by atoms with E-state index in [9.17, 15) is 65.8 Å². The zero-order valence-corrected chi connectivity index (χ0v) is 41.9. The van der Waals surface area contributed by atoms with Crippen LogP contribution in [0.4, 0.5) is 0 Å². The van der Waals surface area contributed by atoms with E-state index in [1.54, 1.807) is 6.92 Å². The molecule has 70 heavy (non-hydrogen) atoms. The highest BCUT2D eigenvalue weighted by molar-refractivity contribution is 5.73. The summed E-state index contributed by atoms with van der Waals surface area (Å²) in [7, 11) is 0. The second-order valence-corrected chi connectivity index (χ2v) is 24.4. The third kappa shape index (κ3) is 8.52. The molecule has 4 saturated carbocycles. The van der Waals surface area contributed by atoms with E-state index in [0.717, 1.165) is 12.8 Å². The van der Waals surface area contributed by atoms with E-state index in [0.29, 0.717) is 38.5 Å². The molecule has 0 bridgehead atoms. The van der Waals surface area contributed by atoms with Crippen LogP contribution in [-0.4, -0.2) is 192 Å². The fourth-order valence-electron chi connectivity index (χ4n) is 15.6. The molecule has 3 heterocycles. The number of carboxylic acid groups (broad SMARTS) is 1. The van der Waals surface area contributed by atoms with Crippen LogP contribution in [0.25, 0.3) is 0 Å². The Balaban J connectivity index is 1.07. The first-order valence-corrected chi connectivity index (χ1v) is 25.2. The molecule has 8 rings (SSSR count). The van der Waals surface area contributed by atoms with Gasteiger partial charge in [-0.3, -0.25) is 4.79 Å². The van der Waals surface area contributed by atoms with Gasteiger partial charge in [0.05, 0.1) is 36.9 Å². The smallest absolute Gasteiger partial charge is 0.335 e. The molecule has 0 aromatic carbocycles. The van der Waals surface area contributed by atoms with E-state index in [1.807, 2.05) is 0 Å². The van der Waals surface area contributed by atoms with E-state index in [1.165, 1.54) is 12.5 Å². The van der Waals surface area contributed by atoms with Crippen molar-refractivity contribution < 1.29 is 98.9 Å². The highest BCUT2D eigenvalue weighted by Gasteiger charge is 2.72. The topological polar surface area (TPSA) is 321 Å². The predicted octanol–water partition coefficient (Wildman–Crippen LogP) is 0.246. The lowest BCUT2D eigenvalue weighted by Gasteiger charge is -2.72. The monoisotopic (exact) mass is 1000 g/mol. The number of carbonyl (C=O) groups is 2. The van der Waals surface area contributed by atoms with Gasteiger partial charge in [0.1, 0.15) is 67.1 Å². The molecule has 0 amide bonds. The van der Waals surface area contributed by atoms with Gasteiger partial charge in [0, 0.05) is 6.92 Å². The lowest BCUT2D eigenvalue weighted by atomic mass is 9.33. The van der Waals surface area contributed by atoms with Crippen LogP contribution in [0.1, 0.15) is 114 Å². The van der Waals surface area contributed by atoms with Crippen LogP contribution < -0.4 is 0 Å². The van der Waals surface area contributed by atoms with Crippen LogP contribution in [0.15, 0.2) is 11.6 Å². The molecule has 5 aliphatic carbocycles. The second kappa shape index (κ2) is 19.0. The second-order valence-electron chi connectivity index (χ2n) is 24.4. The van der Waals surface area contributed by atoms with Crippen molar-refractivity contribution in [2.75, 3.05) is 13.2 Å². The van der Waals surface area contributed by atoms with Gasteiger partial charge in [-0.25, -0.2) is 4.79 Å². The molecule has 20 nitrogen and oxygen atoms in total. The van der Waals surface area contributed by atoms with Gasteiger partial charge in [0.2, 0.25) is 0 Å². The number of hydrogen-bond acceptors (Lipinski definition) is 19. The SMILES string of the molecule is CC(=O)OC1CC2(C)C(=CCC3C4(C)CCC(OC5OC(C(=O)O)C(O)C(OC6OC(CO)C(O)C(O)C6O)C5O)C(C)(C)C4CCC32C)C2CC(C)(C)CC(O)C12COC1OC(C)C(O)C(O)C1O. The number of carboxylic acids is 1. The number of carbonyl (C=O) groups excluding carboxylic acids is 1. The van der Waals surface area contributed by atoms with E-state index in [4.69, 9.17) is 33.2 Å². The molecule has 20 heteroatoms. The first-order valence-electron chi connectivity index (χ1n) is 25.2. The number of ether oxygens (including phenoxy) is 7. The van der Waals surface area contributed by atoms with Crippen LogP contribution in [0, 0.1) is 50.2 Å². The maximum atomic E-state index is 13.2. The Hall–Kier alpha value is -1.96. The Bertz CT molecular complexity index is 1960. The number of hydrogen-bond donors (Lipinski definition) is 11. The first kappa shape index (κ1) is 54.3. The van der Waals surface area contributed by atoms with Crippen molar-refractivity contribution in [2.24, 2.45) is 50.2 Å². The summed E-state index contributed by atoms with van der Waals surface area (Å²) in [5.41, 5.74) is -2.09. The van der Waals surface area contributed by atoms with Gasteiger partial charge in [-0.2, -0.15) is 0 Å². The summed E-state index contributed by atoms with van der Waals surface area (Å²) >= 11 is 0. The molecule has 0 radical (unpaired) electrons. The number of aliphatic carboxylic acids is 1. The summed E-state index contributed by atoms with van der Waals surface area (Å²) in [6.45, 7) is 17.4.